The van der Waals surface area contributed by atoms with Gasteiger partial charge in [-0.2, -0.15) is 0 Å². The van der Waals surface area contributed by atoms with Crippen LogP contribution in [0.3, 0.4) is 0 Å². The van der Waals surface area contributed by atoms with Crippen molar-refractivity contribution in [2.75, 3.05) is 7.11 Å². The second kappa shape index (κ2) is 9.30. The molecule has 38 heavy (non-hydrogen) atoms. The van der Waals surface area contributed by atoms with Crippen LogP contribution in [-0.2, 0) is 15.9 Å². The van der Waals surface area contributed by atoms with Gasteiger partial charge in [0.2, 0.25) is 5.78 Å². The molecule has 204 valence electrons. The van der Waals surface area contributed by atoms with Crippen LogP contribution in [0.5, 0.6) is 17.2 Å². The Bertz CT molecular complexity index is 1310. The number of ether oxygens (including phenoxy) is 3. The predicted molar refractivity (Wildman–Crippen MR) is 131 cm³/mol. The average Bonchev–Trinajstić information content (AvgIpc) is 2.87. The van der Waals surface area contributed by atoms with E-state index in [-0.39, 0.29) is 47.3 Å². The highest BCUT2D eigenvalue weighted by Crippen LogP contribution is 2.52. The van der Waals surface area contributed by atoms with Gasteiger partial charge in [0, 0.05) is 42.0 Å². The molecular formula is C27H31NO10. The molecule has 0 radical (unpaired) electrons. The van der Waals surface area contributed by atoms with E-state index >= 15 is 0 Å². The van der Waals surface area contributed by atoms with Crippen LogP contribution in [0.2, 0.25) is 0 Å². The molecule has 2 aliphatic carbocycles. The van der Waals surface area contributed by atoms with Crippen molar-refractivity contribution in [2.45, 2.75) is 75.5 Å². The van der Waals surface area contributed by atoms with Crippen molar-refractivity contribution < 1.29 is 49.3 Å². The van der Waals surface area contributed by atoms with Gasteiger partial charge in [0.25, 0.3) is 0 Å². The molecule has 0 saturated carbocycles. The van der Waals surface area contributed by atoms with Gasteiger partial charge in [-0.25, -0.2) is 0 Å². The van der Waals surface area contributed by atoms with Crippen LogP contribution in [0.15, 0.2) is 18.2 Å². The standard InChI is InChI=1S/C27H31NO10/c1-10-22(30)14(28)7-17(37-10)38-16-9-27(35,11(2)29)8-13-19(16)26(34)21-20(24(13)32)23(31)12-5-4-6-15(36-3)18(12)25(21)33/h4-6,10-11,14,16-17,22,29-30,32,34-35H,7-9,28H2,1-3H3/t10?,11-,14?,16-,17?,22?,27-/m0/s1. The van der Waals surface area contributed by atoms with Crippen molar-refractivity contribution in [3.63, 3.8) is 0 Å². The first kappa shape index (κ1) is 26.5. The molecule has 3 aliphatic rings. The fourth-order valence-corrected chi connectivity index (χ4v) is 5.74. The molecule has 7 atom stereocenters. The molecule has 1 fully saturated rings. The summed E-state index contributed by atoms with van der Waals surface area (Å²) in [5.41, 5.74) is 3.37. The minimum Gasteiger partial charge on any atom is -0.507 e. The Morgan fingerprint density at radius 1 is 1.13 bits per heavy atom. The van der Waals surface area contributed by atoms with Gasteiger partial charge < -0.3 is 45.5 Å². The summed E-state index contributed by atoms with van der Waals surface area (Å²) in [4.78, 5) is 27.1. The first-order valence-electron chi connectivity index (χ1n) is 12.4. The number of benzene rings is 2. The van der Waals surface area contributed by atoms with Crippen LogP contribution >= 0.6 is 0 Å². The van der Waals surface area contributed by atoms with Gasteiger partial charge in [-0.3, -0.25) is 9.59 Å². The number of hydrogen-bond acceptors (Lipinski definition) is 11. The fraction of sp³-hybridized carbons (Fsp3) is 0.481. The van der Waals surface area contributed by atoms with Crippen molar-refractivity contribution in [1.29, 1.82) is 0 Å². The molecule has 2 aromatic rings. The third kappa shape index (κ3) is 3.89. The highest BCUT2D eigenvalue weighted by Gasteiger charge is 2.49. The van der Waals surface area contributed by atoms with Gasteiger partial charge in [0.15, 0.2) is 12.1 Å². The van der Waals surface area contributed by atoms with E-state index in [1.165, 1.54) is 32.2 Å². The monoisotopic (exact) mass is 529 g/mol. The quantitative estimate of drug-likeness (QED) is 0.263. The summed E-state index contributed by atoms with van der Waals surface area (Å²) >= 11 is 0. The van der Waals surface area contributed by atoms with Crippen LogP contribution in [-0.4, -0.2) is 80.5 Å². The van der Waals surface area contributed by atoms with E-state index in [9.17, 15) is 35.1 Å². The van der Waals surface area contributed by atoms with Gasteiger partial charge >= 0.3 is 0 Å². The maximum Gasteiger partial charge on any atom is 0.202 e. The van der Waals surface area contributed by atoms with Crippen LogP contribution in [0.1, 0.15) is 75.8 Å². The first-order valence-corrected chi connectivity index (χ1v) is 12.4. The summed E-state index contributed by atoms with van der Waals surface area (Å²) in [5, 5.41) is 54.7. The molecule has 2 aromatic carbocycles. The number of hydrogen-bond donors (Lipinski definition) is 6. The van der Waals surface area contributed by atoms with Crippen LogP contribution in [0, 0.1) is 0 Å². The summed E-state index contributed by atoms with van der Waals surface area (Å²) in [6.45, 7) is 3.00. The summed E-state index contributed by atoms with van der Waals surface area (Å²) in [5.74, 6) is -2.44. The normalized spacial score (nSPS) is 31.3. The molecule has 1 aliphatic heterocycles. The molecule has 7 N–H and O–H groups in total. The van der Waals surface area contributed by atoms with E-state index in [0.717, 1.165) is 0 Å². The van der Waals surface area contributed by atoms with E-state index in [2.05, 4.69) is 0 Å². The lowest BCUT2D eigenvalue weighted by Crippen LogP contribution is -2.53. The molecule has 1 saturated heterocycles. The number of ketones is 2. The minimum absolute atomic E-state index is 0.00187. The topological polar surface area (TPSA) is 189 Å². The van der Waals surface area contributed by atoms with Gasteiger partial charge in [-0.1, -0.05) is 12.1 Å². The molecule has 4 unspecified atom stereocenters. The van der Waals surface area contributed by atoms with E-state index in [0.29, 0.717) is 0 Å². The lowest BCUT2D eigenvalue weighted by atomic mass is 9.71. The van der Waals surface area contributed by atoms with E-state index in [1.807, 2.05) is 0 Å². The molecule has 0 spiro atoms. The van der Waals surface area contributed by atoms with Gasteiger partial charge in [-0.15, -0.1) is 0 Å². The minimum atomic E-state index is -1.80. The number of carbonyl (C=O) groups is 2. The summed E-state index contributed by atoms with van der Waals surface area (Å²) < 4.78 is 17.1. The maximum absolute atomic E-state index is 13.6. The lowest BCUT2D eigenvalue weighted by molar-refractivity contribution is -0.250. The molecule has 1 heterocycles. The van der Waals surface area contributed by atoms with E-state index < -0.39 is 76.5 Å². The maximum atomic E-state index is 13.6. The van der Waals surface area contributed by atoms with Gasteiger partial charge in [0.1, 0.15) is 17.2 Å². The second-order valence-electron chi connectivity index (χ2n) is 10.3. The predicted octanol–water partition coefficient (Wildman–Crippen LogP) is 0.821. The second-order valence-corrected chi connectivity index (χ2v) is 10.3. The lowest BCUT2D eigenvalue weighted by Gasteiger charge is -2.43. The largest absolute Gasteiger partial charge is 0.507 e. The number of fused-ring (bicyclic) bond motifs is 3. The molecule has 11 heteroatoms. The average molecular weight is 530 g/mol. The third-order valence-electron chi connectivity index (χ3n) is 7.95. The highest BCUT2D eigenvalue weighted by atomic mass is 16.7. The Balaban J connectivity index is 1.68. The van der Waals surface area contributed by atoms with Crippen LogP contribution in [0.25, 0.3) is 0 Å². The third-order valence-corrected chi connectivity index (χ3v) is 7.95. The number of rotatable bonds is 4. The fourth-order valence-electron chi connectivity index (χ4n) is 5.74. The zero-order valence-corrected chi connectivity index (χ0v) is 21.2. The number of nitrogens with two attached hydrogens (primary N) is 1. The van der Waals surface area contributed by atoms with Gasteiger partial charge in [-0.05, 0) is 19.9 Å². The van der Waals surface area contributed by atoms with Crippen molar-refractivity contribution in [1.82, 2.24) is 0 Å². The number of methoxy groups -OCH3 is 1. The summed E-state index contributed by atoms with van der Waals surface area (Å²) in [6.07, 6.45) is -5.47. The smallest absolute Gasteiger partial charge is 0.202 e. The Labute approximate surface area is 218 Å². The Kier molecular flexibility index (Phi) is 6.49. The van der Waals surface area contributed by atoms with Crippen LogP contribution < -0.4 is 10.5 Å². The number of aliphatic hydroxyl groups excluding tert-OH is 2. The number of aliphatic hydroxyl groups is 3. The summed E-state index contributed by atoms with van der Waals surface area (Å²) in [6, 6.07) is 3.80. The zero-order chi connectivity index (χ0) is 27.7. The Morgan fingerprint density at radius 3 is 2.45 bits per heavy atom. The summed E-state index contributed by atoms with van der Waals surface area (Å²) in [7, 11) is 1.35. The first-order chi connectivity index (χ1) is 17.9. The highest BCUT2D eigenvalue weighted by molar-refractivity contribution is 6.31. The molecule has 0 aromatic heterocycles. The SMILES string of the molecule is COc1cccc2c1C(=O)c1c(O)c3c(c(O)c1C2=O)C[C@@](O)([C@H](C)O)C[C@@H]3OC1CC(N)C(O)C(C)O1. The molecule has 11 nitrogen and oxygen atoms in total. The number of phenolic OH excluding ortho intramolecular Hbond substituents is 2. The number of aromatic hydroxyl groups is 2. The van der Waals surface area contributed by atoms with Gasteiger partial charge in [0.05, 0.1) is 53.8 Å². The van der Waals surface area contributed by atoms with Crippen molar-refractivity contribution in [3.05, 3.63) is 51.6 Å². The van der Waals surface area contributed by atoms with E-state index in [4.69, 9.17) is 19.9 Å². The molecular weight excluding hydrogens is 498 g/mol. The zero-order valence-electron chi connectivity index (χ0n) is 21.2. The van der Waals surface area contributed by atoms with Crippen molar-refractivity contribution >= 4 is 11.6 Å². The molecule has 5 rings (SSSR count). The van der Waals surface area contributed by atoms with E-state index in [1.54, 1.807) is 6.92 Å². The molecule has 0 bridgehead atoms. The Hall–Kier alpha value is -3.06. The number of carbonyl (C=O) groups excluding carboxylic acids is 2. The van der Waals surface area contributed by atoms with Crippen LogP contribution in [0.4, 0.5) is 0 Å². The number of phenols is 2. The van der Waals surface area contributed by atoms with Crippen molar-refractivity contribution in [3.8, 4) is 17.2 Å². The molecule has 0 amide bonds. The van der Waals surface area contributed by atoms with Crippen molar-refractivity contribution in [2.24, 2.45) is 5.73 Å². The Morgan fingerprint density at radius 2 is 1.82 bits per heavy atom.